The second-order valence-electron chi connectivity index (χ2n) is 15.0. The number of sulfonamides is 1. The fourth-order valence-corrected chi connectivity index (χ4v) is 9.23. The van der Waals surface area contributed by atoms with E-state index in [0.717, 1.165) is 65.1 Å². The highest BCUT2D eigenvalue weighted by Crippen LogP contribution is 2.34. The Morgan fingerprint density at radius 2 is 1.61 bits per heavy atom. The second-order valence-corrected chi connectivity index (χ2v) is 17.8. The van der Waals surface area contributed by atoms with E-state index in [0.29, 0.717) is 42.7 Å². The molecule has 2 N–H and O–H groups in total. The maximum Gasteiger partial charge on any atom is 0.416 e. The van der Waals surface area contributed by atoms with Crippen LogP contribution >= 0.6 is 11.8 Å². The third-order valence-electron chi connectivity index (χ3n) is 10.5. The van der Waals surface area contributed by atoms with Gasteiger partial charge in [0.05, 0.1) is 20.9 Å². The monoisotopic (exact) mass is 870 g/mol. The van der Waals surface area contributed by atoms with Crippen LogP contribution in [0.15, 0.2) is 131 Å². The van der Waals surface area contributed by atoms with Gasteiger partial charge >= 0.3 is 6.18 Å². The Bertz CT molecular complexity index is 2580. The molecule has 1 aromatic heterocycles. The molecule has 0 saturated carbocycles. The average molecular weight is 871 g/mol. The molecule has 0 unspecified atom stereocenters. The molecule has 6 aromatic rings. The molecular formula is C44H45F3N8O4S2. The number of alkyl halides is 3. The second kappa shape index (κ2) is 18.9. The van der Waals surface area contributed by atoms with E-state index >= 15 is 0 Å². The minimum Gasteiger partial charge on any atom is -0.376 e. The van der Waals surface area contributed by atoms with Crippen molar-refractivity contribution >= 4 is 55.6 Å². The minimum atomic E-state index is -4.39. The van der Waals surface area contributed by atoms with Crippen molar-refractivity contribution in [1.29, 1.82) is 0 Å². The Balaban J connectivity index is 1.01. The summed E-state index contributed by atoms with van der Waals surface area (Å²) in [7, 11) is -0.389. The van der Waals surface area contributed by atoms with Gasteiger partial charge < -0.3 is 15.1 Å². The van der Waals surface area contributed by atoms with Crippen molar-refractivity contribution < 1.29 is 26.5 Å². The maximum absolute atomic E-state index is 13.7. The SMILES string of the molecule is CN(C)CC[C@H](CSc1ccccc1)Nc1ccc(S(=O)(=O)Nc2ncnc3cc(N4CCN(Cc5ccccc5-c5ccc(C(F)(F)F)cc5)CC4)ccc23)cc1[N+](=O)[O-]. The zero-order chi connectivity index (χ0) is 43.1. The van der Waals surface area contributed by atoms with Crippen molar-refractivity contribution in [3.8, 4) is 11.1 Å². The number of benzene rings is 5. The molecule has 0 amide bonds. The Kier molecular flexibility index (Phi) is 13.4. The molecule has 1 atom stereocenters. The Hall–Kier alpha value is -5.75. The Morgan fingerprint density at radius 1 is 0.885 bits per heavy atom. The van der Waals surface area contributed by atoms with Gasteiger partial charge in [0.25, 0.3) is 15.7 Å². The number of fused-ring (bicyclic) bond motifs is 1. The molecule has 0 radical (unpaired) electrons. The van der Waals surface area contributed by atoms with Gasteiger partial charge in [-0.25, -0.2) is 18.4 Å². The summed E-state index contributed by atoms with van der Waals surface area (Å²) in [4.78, 5) is 27.7. The third kappa shape index (κ3) is 11.0. The van der Waals surface area contributed by atoms with Gasteiger partial charge in [-0.05, 0) is 98.3 Å². The summed E-state index contributed by atoms with van der Waals surface area (Å²) < 4.78 is 69.5. The molecule has 1 saturated heterocycles. The average Bonchev–Trinajstić information content (AvgIpc) is 3.25. The lowest BCUT2D eigenvalue weighted by Gasteiger charge is -2.36. The highest BCUT2D eigenvalue weighted by atomic mass is 32.2. The molecule has 1 aliphatic heterocycles. The number of piperazine rings is 1. The molecule has 1 aliphatic rings. The van der Waals surface area contributed by atoms with E-state index in [2.05, 4.69) is 29.8 Å². The summed E-state index contributed by atoms with van der Waals surface area (Å²) in [6.45, 7) is 4.25. The zero-order valence-electron chi connectivity index (χ0n) is 33.5. The van der Waals surface area contributed by atoms with E-state index in [1.807, 2.05) is 85.7 Å². The lowest BCUT2D eigenvalue weighted by Crippen LogP contribution is -2.46. The van der Waals surface area contributed by atoms with Crippen LogP contribution in [0.1, 0.15) is 17.5 Å². The number of nitro benzene ring substituents is 1. The summed E-state index contributed by atoms with van der Waals surface area (Å²) in [5.41, 5.74) is 3.24. The lowest BCUT2D eigenvalue weighted by molar-refractivity contribution is -0.384. The molecule has 12 nitrogen and oxygen atoms in total. The standard InChI is InChI=1S/C44H45F3N8O4S2/c1-52(2)21-20-34(29-60-36-9-4-3-5-10-36)50-40-19-17-37(27-42(40)55(56)57)61(58,59)51-43-39-18-16-35(26-41(39)48-30-49-43)54-24-22-53(23-25-54)28-32-8-6-7-11-38(32)31-12-14-33(15-13-31)44(45,46)47/h3-19,26-27,30,34,50H,20-25,28-29H2,1-2H3,(H,48,49,51)/t34-/m1/s1. The largest absolute Gasteiger partial charge is 0.416 e. The van der Waals surface area contributed by atoms with Gasteiger partial charge in [-0.3, -0.25) is 19.7 Å². The zero-order valence-corrected chi connectivity index (χ0v) is 35.2. The van der Waals surface area contributed by atoms with Gasteiger partial charge in [0.1, 0.15) is 12.0 Å². The third-order valence-corrected chi connectivity index (χ3v) is 13.0. The van der Waals surface area contributed by atoms with Gasteiger partial charge in [-0.15, -0.1) is 11.8 Å². The van der Waals surface area contributed by atoms with Crippen molar-refractivity contribution in [2.75, 3.05) is 67.5 Å². The molecule has 7 rings (SSSR count). The van der Waals surface area contributed by atoms with Crippen LogP contribution in [0.3, 0.4) is 0 Å². The highest BCUT2D eigenvalue weighted by molar-refractivity contribution is 7.99. The maximum atomic E-state index is 13.7. The topological polar surface area (TPSA) is 137 Å². The number of nitrogens with zero attached hydrogens (tertiary/aromatic N) is 6. The Labute approximate surface area is 357 Å². The van der Waals surface area contributed by atoms with E-state index < -0.39 is 26.7 Å². The summed E-state index contributed by atoms with van der Waals surface area (Å²) in [5, 5.41) is 16.1. The van der Waals surface area contributed by atoms with E-state index in [1.165, 1.54) is 30.6 Å². The fraction of sp³-hybridized carbons (Fsp3) is 0.273. The van der Waals surface area contributed by atoms with Gasteiger partial charge in [-0.2, -0.15) is 13.2 Å². The van der Waals surface area contributed by atoms with Crippen LogP contribution in [0.25, 0.3) is 22.0 Å². The van der Waals surface area contributed by atoms with Crippen LogP contribution in [0.4, 0.5) is 36.1 Å². The van der Waals surface area contributed by atoms with Gasteiger partial charge in [0.2, 0.25) is 0 Å². The van der Waals surface area contributed by atoms with Gasteiger partial charge in [-0.1, -0.05) is 54.6 Å². The molecule has 0 bridgehead atoms. The predicted octanol–water partition coefficient (Wildman–Crippen LogP) is 8.87. The quantitative estimate of drug-likeness (QED) is 0.0549. The Morgan fingerprint density at radius 3 is 2.31 bits per heavy atom. The molecule has 17 heteroatoms. The normalized spacial score (nSPS) is 14.3. The number of anilines is 3. The van der Waals surface area contributed by atoms with Crippen LogP contribution in [0, 0.1) is 10.1 Å². The smallest absolute Gasteiger partial charge is 0.376 e. The predicted molar refractivity (Wildman–Crippen MR) is 236 cm³/mol. The van der Waals surface area contributed by atoms with Crippen LogP contribution in [0.2, 0.25) is 0 Å². The number of thioether (sulfide) groups is 1. The van der Waals surface area contributed by atoms with Crippen molar-refractivity contribution in [1.82, 2.24) is 19.8 Å². The van der Waals surface area contributed by atoms with Gasteiger partial charge in [0, 0.05) is 66.6 Å². The molecule has 61 heavy (non-hydrogen) atoms. The van der Waals surface area contributed by atoms with E-state index in [-0.39, 0.29) is 28.1 Å². The van der Waals surface area contributed by atoms with Crippen molar-refractivity contribution in [3.05, 3.63) is 143 Å². The summed E-state index contributed by atoms with van der Waals surface area (Å²) >= 11 is 1.64. The van der Waals surface area contributed by atoms with E-state index in [9.17, 15) is 31.7 Å². The van der Waals surface area contributed by atoms with Crippen molar-refractivity contribution in [2.45, 2.75) is 35.0 Å². The molecule has 5 aromatic carbocycles. The summed E-state index contributed by atoms with van der Waals surface area (Å²) in [6, 6.07) is 32.1. The number of rotatable bonds is 16. The molecule has 318 valence electrons. The van der Waals surface area contributed by atoms with Crippen LogP contribution in [-0.4, -0.2) is 91.7 Å². The van der Waals surface area contributed by atoms with Gasteiger partial charge in [0.15, 0.2) is 5.82 Å². The first-order valence-electron chi connectivity index (χ1n) is 19.6. The number of hydrogen-bond donors (Lipinski definition) is 2. The van der Waals surface area contributed by atoms with Crippen LogP contribution in [-0.2, 0) is 22.7 Å². The van der Waals surface area contributed by atoms with Crippen LogP contribution in [0.5, 0.6) is 0 Å². The first kappa shape index (κ1) is 43.3. The molecule has 2 heterocycles. The lowest BCUT2D eigenvalue weighted by atomic mass is 9.98. The van der Waals surface area contributed by atoms with Crippen molar-refractivity contribution in [2.24, 2.45) is 0 Å². The minimum absolute atomic E-state index is 0.0413. The summed E-state index contributed by atoms with van der Waals surface area (Å²) in [5.74, 6) is 0.682. The number of halogens is 3. The van der Waals surface area contributed by atoms with Crippen LogP contribution < -0.4 is 14.9 Å². The fourth-order valence-electron chi connectivity index (χ4n) is 7.19. The first-order chi connectivity index (χ1) is 29.2. The number of nitrogens with one attached hydrogen (secondary N) is 2. The number of nitro groups is 1. The first-order valence-corrected chi connectivity index (χ1v) is 22.1. The van der Waals surface area contributed by atoms with Crippen molar-refractivity contribution in [3.63, 3.8) is 0 Å². The molecule has 0 spiro atoms. The highest BCUT2D eigenvalue weighted by Gasteiger charge is 2.30. The summed E-state index contributed by atoms with van der Waals surface area (Å²) in [6.07, 6.45) is -2.42. The van der Waals surface area contributed by atoms with E-state index in [4.69, 9.17) is 0 Å². The number of hydrogen-bond acceptors (Lipinski definition) is 11. The molecular weight excluding hydrogens is 826 g/mol. The van der Waals surface area contributed by atoms with E-state index in [1.54, 1.807) is 17.8 Å². The molecule has 0 aliphatic carbocycles. The number of aromatic nitrogens is 2. The molecule has 1 fully saturated rings.